The molecule has 0 aliphatic carbocycles. The summed E-state index contributed by atoms with van der Waals surface area (Å²) in [6, 6.07) is 16.2. The van der Waals surface area contributed by atoms with Gasteiger partial charge in [-0.25, -0.2) is 0 Å². The van der Waals surface area contributed by atoms with Crippen LogP contribution in [0.1, 0.15) is 33.2 Å². The summed E-state index contributed by atoms with van der Waals surface area (Å²) >= 11 is 0. The van der Waals surface area contributed by atoms with E-state index in [1.54, 1.807) is 24.3 Å². The fraction of sp³-hybridized carbons (Fsp3) is 0.300. The topological polar surface area (TPSA) is 40.6 Å². The van der Waals surface area contributed by atoms with Gasteiger partial charge >= 0.3 is 0 Å². The van der Waals surface area contributed by atoms with Gasteiger partial charge in [0.1, 0.15) is 0 Å². The van der Waals surface area contributed by atoms with Crippen LogP contribution in [0.4, 0.5) is 0 Å². The Labute approximate surface area is 142 Å². The van der Waals surface area contributed by atoms with Crippen molar-refractivity contribution >= 4 is 11.7 Å². The molecule has 1 fully saturated rings. The minimum atomic E-state index is -0.105. The molecule has 0 bridgehead atoms. The Bertz CT molecular complexity index is 719. The Balaban J connectivity index is 1.84. The maximum atomic E-state index is 12.9. The second-order valence-corrected chi connectivity index (χ2v) is 5.97. The van der Waals surface area contributed by atoms with Crippen molar-refractivity contribution in [2.75, 3.05) is 32.7 Å². The fourth-order valence-electron chi connectivity index (χ4n) is 3.05. The highest BCUT2D eigenvalue weighted by Crippen LogP contribution is 2.17. The quantitative estimate of drug-likeness (QED) is 0.813. The lowest BCUT2D eigenvalue weighted by Crippen LogP contribution is -2.48. The number of amides is 1. The standard InChI is InChI=1S/C20H22N2O2/c1-2-21-12-14-22(15-13-21)20(24)18-11-7-6-10-17(18)19(23)16-8-4-3-5-9-16/h3-11H,2,12-15H2,1H3. The van der Waals surface area contributed by atoms with Gasteiger partial charge in [-0.2, -0.15) is 0 Å². The van der Waals surface area contributed by atoms with E-state index in [4.69, 9.17) is 0 Å². The molecule has 4 nitrogen and oxygen atoms in total. The normalized spacial score (nSPS) is 15.3. The molecular formula is C20H22N2O2. The van der Waals surface area contributed by atoms with Crippen LogP contribution in [0.15, 0.2) is 54.6 Å². The van der Waals surface area contributed by atoms with Crippen molar-refractivity contribution in [2.45, 2.75) is 6.92 Å². The summed E-state index contributed by atoms with van der Waals surface area (Å²) in [4.78, 5) is 29.9. The lowest BCUT2D eigenvalue weighted by Gasteiger charge is -2.34. The van der Waals surface area contributed by atoms with Gasteiger partial charge in [-0.3, -0.25) is 9.59 Å². The summed E-state index contributed by atoms with van der Waals surface area (Å²) in [5, 5.41) is 0. The van der Waals surface area contributed by atoms with E-state index in [0.29, 0.717) is 29.8 Å². The SMILES string of the molecule is CCN1CCN(C(=O)c2ccccc2C(=O)c2ccccc2)CC1. The van der Waals surface area contributed by atoms with E-state index in [9.17, 15) is 9.59 Å². The summed E-state index contributed by atoms with van der Waals surface area (Å²) in [5.74, 6) is -0.155. The molecule has 3 rings (SSSR count). The number of ketones is 1. The van der Waals surface area contributed by atoms with Crippen LogP contribution < -0.4 is 0 Å². The molecule has 1 saturated heterocycles. The number of carbonyl (C=O) groups is 2. The summed E-state index contributed by atoms with van der Waals surface area (Å²) in [6.45, 7) is 6.32. The largest absolute Gasteiger partial charge is 0.336 e. The van der Waals surface area contributed by atoms with Crippen LogP contribution in [0, 0.1) is 0 Å². The van der Waals surface area contributed by atoms with Gasteiger partial charge in [-0.05, 0) is 12.6 Å². The van der Waals surface area contributed by atoms with Crippen LogP contribution in [-0.4, -0.2) is 54.2 Å². The molecule has 4 heteroatoms. The molecule has 0 unspecified atom stereocenters. The third-order valence-corrected chi connectivity index (χ3v) is 4.54. The van der Waals surface area contributed by atoms with Gasteiger partial charge < -0.3 is 9.80 Å². The van der Waals surface area contributed by atoms with Crippen LogP contribution in [0.25, 0.3) is 0 Å². The Morgan fingerprint density at radius 3 is 2.04 bits per heavy atom. The Morgan fingerprint density at radius 1 is 0.833 bits per heavy atom. The predicted octanol–water partition coefficient (Wildman–Crippen LogP) is 2.70. The number of rotatable bonds is 4. The second kappa shape index (κ2) is 7.41. The highest BCUT2D eigenvalue weighted by atomic mass is 16.2. The molecule has 1 aliphatic rings. The Hall–Kier alpha value is -2.46. The summed E-state index contributed by atoms with van der Waals surface area (Å²) < 4.78 is 0. The third kappa shape index (κ3) is 3.39. The first-order valence-corrected chi connectivity index (χ1v) is 8.41. The number of hydrogen-bond donors (Lipinski definition) is 0. The molecule has 0 aromatic heterocycles. The monoisotopic (exact) mass is 322 g/mol. The average molecular weight is 322 g/mol. The third-order valence-electron chi connectivity index (χ3n) is 4.54. The molecule has 1 aliphatic heterocycles. The number of nitrogens with zero attached hydrogens (tertiary/aromatic N) is 2. The Kier molecular flexibility index (Phi) is 5.06. The highest BCUT2D eigenvalue weighted by molar-refractivity contribution is 6.15. The van der Waals surface area contributed by atoms with E-state index in [2.05, 4.69) is 11.8 Å². The summed E-state index contributed by atoms with van der Waals surface area (Å²) in [7, 11) is 0. The van der Waals surface area contributed by atoms with Crippen LogP contribution in [0.2, 0.25) is 0 Å². The van der Waals surface area contributed by atoms with Crippen molar-refractivity contribution < 1.29 is 9.59 Å². The van der Waals surface area contributed by atoms with Crippen LogP contribution >= 0.6 is 0 Å². The molecule has 0 saturated carbocycles. The maximum Gasteiger partial charge on any atom is 0.254 e. The predicted molar refractivity (Wildman–Crippen MR) is 94.3 cm³/mol. The minimum Gasteiger partial charge on any atom is -0.336 e. The first-order chi connectivity index (χ1) is 11.7. The van der Waals surface area contributed by atoms with Crippen molar-refractivity contribution in [1.82, 2.24) is 9.80 Å². The highest BCUT2D eigenvalue weighted by Gasteiger charge is 2.25. The van der Waals surface area contributed by atoms with Gasteiger partial charge in [0.05, 0.1) is 5.56 Å². The molecule has 1 amide bonds. The minimum absolute atomic E-state index is 0.0503. The summed E-state index contributed by atoms with van der Waals surface area (Å²) in [6.07, 6.45) is 0. The molecular weight excluding hydrogens is 300 g/mol. The van der Waals surface area contributed by atoms with Gasteiger partial charge in [0.15, 0.2) is 5.78 Å². The van der Waals surface area contributed by atoms with E-state index in [-0.39, 0.29) is 11.7 Å². The van der Waals surface area contributed by atoms with Crippen LogP contribution in [-0.2, 0) is 0 Å². The average Bonchev–Trinajstić information content (AvgIpc) is 2.67. The lowest BCUT2D eigenvalue weighted by molar-refractivity contribution is 0.0640. The molecule has 0 spiro atoms. The number of benzene rings is 2. The van der Waals surface area contributed by atoms with Crippen molar-refractivity contribution in [3.63, 3.8) is 0 Å². The van der Waals surface area contributed by atoms with Crippen molar-refractivity contribution in [2.24, 2.45) is 0 Å². The molecule has 24 heavy (non-hydrogen) atoms. The van der Waals surface area contributed by atoms with Gasteiger partial charge in [-0.15, -0.1) is 0 Å². The van der Waals surface area contributed by atoms with E-state index >= 15 is 0 Å². The smallest absolute Gasteiger partial charge is 0.254 e. The second-order valence-electron chi connectivity index (χ2n) is 5.97. The van der Waals surface area contributed by atoms with Crippen molar-refractivity contribution in [3.8, 4) is 0 Å². The zero-order valence-electron chi connectivity index (χ0n) is 13.9. The van der Waals surface area contributed by atoms with Crippen LogP contribution in [0.5, 0.6) is 0 Å². The molecule has 1 heterocycles. The number of likely N-dealkylation sites (N-methyl/N-ethyl adjacent to an activating group) is 1. The first-order valence-electron chi connectivity index (χ1n) is 8.41. The molecule has 0 atom stereocenters. The van der Waals surface area contributed by atoms with Gasteiger partial charge in [0.25, 0.3) is 5.91 Å². The van der Waals surface area contributed by atoms with E-state index in [1.165, 1.54) is 0 Å². The first kappa shape index (κ1) is 16.4. The number of piperazine rings is 1. The van der Waals surface area contributed by atoms with Crippen molar-refractivity contribution in [3.05, 3.63) is 71.3 Å². The van der Waals surface area contributed by atoms with E-state index < -0.39 is 0 Å². The number of carbonyl (C=O) groups excluding carboxylic acids is 2. The molecule has 0 N–H and O–H groups in total. The van der Waals surface area contributed by atoms with Gasteiger partial charge in [0.2, 0.25) is 0 Å². The molecule has 2 aromatic carbocycles. The molecule has 0 radical (unpaired) electrons. The van der Waals surface area contributed by atoms with Gasteiger partial charge in [0, 0.05) is 37.3 Å². The maximum absolute atomic E-state index is 12.9. The molecule has 124 valence electrons. The van der Waals surface area contributed by atoms with E-state index in [1.807, 2.05) is 35.2 Å². The summed E-state index contributed by atoms with van der Waals surface area (Å²) in [5.41, 5.74) is 1.58. The van der Waals surface area contributed by atoms with Crippen molar-refractivity contribution in [1.29, 1.82) is 0 Å². The van der Waals surface area contributed by atoms with Gasteiger partial charge in [-0.1, -0.05) is 55.5 Å². The van der Waals surface area contributed by atoms with Crippen LogP contribution in [0.3, 0.4) is 0 Å². The zero-order chi connectivity index (χ0) is 16.9. The fourth-order valence-corrected chi connectivity index (χ4v) is 3.05. The zero-order valence-corrected chi connectivity index (χ0v) is 13.9. The Morgan fingerprint density at radius 2 is 1.42 bits per heavy atom. The number of hydrogen-bond acceptors (Lipinski definition) is 3. The molecule has 2 aromatic rings. The van der Waals surface area contributed by atoms with E-state index in [0.717, 1.165) is 19.6 Å². The lowest BCUT2D eigenvalue weighted by atomic mass is 9.97.